The predicted octanol–water partition coefficient (Wildman–Crippen LogP) is 5.04. The zero-order valence-corrected chi connectivity index (χ0v) is 18.6. The molecule has 1 heterocycles. The van der Waals surface area contributed by atoms with Gasteiger partial charge < -0.3 is 9.47 Å². The van der Waals surface area contributed by atoms with Gasteiger partial charge in [-0.15, -0.1) is 0 Å². The van der Waals surface area contributed by atoms with Crippen LogP contribution in [-0.4, -0.2) is 42.6 Å². The molecule has 0 aliphatic carbocycles. The maximum absolute atomic E-state index is 12.7. The van der Waals surface area contributed by atoms with Crippen molar-refractivity contribution in [1.29, 1.82) is 0 Å². The van der Waals surface area contributed by atoms with Crippen molar-refractivity contribution >= 4 is 62.3 Å². The maximum atomic E-state index is 12.7. The third-order valence-corrected chi connectivity index (χ3v) is 5.84. The van der Waals surface area contributed by atoms with Crippen LogP contribution in [0.25, 0.3) is 6.08 Å². The van der Waals surface area contributed by atoms with Crippen LogP contribution in [0.1, 0.15) is 15.9 Å². The number of carbonyl (C=O) groups excluding carboxylic acids is 3. The van der Waals surface area contributed by atoms with Crippen LogP contribution in [0.5, 0.6) is 11.5 Å². The molecule has 1 aliphatic rings. The highest BCUT2D eigenvalue weighted by Crippen LogP contribution is 2.38. The van der Waals surface area contributed by atoms with E-state index < -0.39 is 11.1 Å². The normalized spacial score (nSPS) is 15.2. The van der Waals surface area contributed by atoms with Gasteiger partial charge in [0.15, 0.2) is 17.3 Å². The van der Waals surface area contributed by atoms with Gasteiger partial charge in [0, 0.05) is 10.6 Å². The Bertz CT molecular complexity index is 1020. The third-order valence-electron chi connectivity index (χ3n) is 4.10. The fraction of sp³-hybridized carbons (Fsp3) is 0.150. The molecule has 0 radical (unpaired) electrons. The van der Waals surface area contributed by atoms with E-state index in [0.29, 0.717) is 32.1 Å². The number of benzene rings is 2. The Morgan fingerprint density at radius 1 is 1.17 bits per heavy atom. The molecule has 0 saturated carbocycles. The molecule has 2 amide bonds. The second-order valence-corrected chi connectivity index (χ2v) is 8.22. The van der Waals surface area contributed by atoms with Gasteiger partial charge in [0.05, 0.1) is 30.1 Å². The highest BCUT2D eigenvalue weighted by Gasteiger charge is 2.36. The number of Topliss-reactive ketones (excluding diaryl/α,β-unsaturated/α-hetero) is 1. The smallest absolute Gasteiger partial charge is 0.293 e. The van der Waals surface area contributed by atoms with Crippen molar-refractivity contribution in [3.8, 4) is 11.5 Å². The number of ketones is 1. The number of hydrogen-bond donors (Lipinski definition) is 0. The molecule has 9 heteroatoms. The fourth-order valence-electron chi connectivity index (χ4n) is 2.68. The van der Waals surface area contributed by atoms with Crippen LogP contribution >= 0.6 is 39.3 Å². The summed E-state index contributed by atoms with van der Waals surface area (Å²) in [5.74, 6) is 0.129. The lowest BCUT2D eigenvalue weighted by Gasteiger charge is -2.12. The number of methoxy groups -OCH3 is 2. The van der Waals surface area contributed by atoms with Crippen molar-refractivity contribution in [2.75, 3.05) is 20.8 Å². The summed E-state index contributed by atoms with van der Waals surface area (Å²) in [6, 6.07) is 9.71. The minimum absolute atomic E-state index is 0.220. The highest BCUT2D eigenvalue weighted by molar-refractivity contribution is 9.10. The lowest BCUT2D eigenvalue weighted by atomic mass is 10.1. The van der Waals surface area contributed by atoms with Crippen molar-refractivity contribution in [2.45, 2.75) is 0 Å². The highest BCUT2D eigenvalue weighted by atomic mass is 79.9. The summed E-state index contributed by atoms with van der Waals surface area (Å²) in [4.78, 5) is 38.5. The molecule has 2 aromatic carbocycles. The van der Waals surface area contributed by atoms with Crippen LogP contribution in [0.15, 0.2) is 45.8 Å². The van der Waals surface area contributed by atoms with E-state index in [2.05, 4.69) is 15.9 Å². The van der Waals surface area contributed by atoms with Crippen LogP contribution in [0.4, 0.5) is 4.79 Å². The Kier molecular flexibility index (Phi) is 6.66. The van der Waals surface area contributed by atoms with Crippen LogP contribution in [0.2, 0.25) is 5.02 Å². The molecule has 1 saturated heterocycles. The first-order valence-electron chi connectivity index (χ1n) is 8.29. The Morgan fingerprint density at radius 3 is 2.48 bits per heavy atom. The van der Waals surface area contributed by atoms with Gasteiger partial charge in [-0.1, -0.05) is 11.6 Å². The maximum Gasteiger partial charge on any atom is 0.293 e. The van der Waals surface area contributed by atoms with Crippen molar-refractivity contribution in [3.63, 3.8) is 0 Å². The molecule has 0 spiro atoms. The molecule has 1 aliphatic heterocycles. The predicted molar refractivity (Wildman–Crippen MR) is 116 cm³/mol. The van der Waals surface area contributed by atoms with Gasteiger partial charge in [0.2, 0.25) is 0 Å². The van der Waals surface area contributed by atoms with E-state index in [1.165, 1.54) is 14.2 Å². The number of imide groups is 1. The number of hydrogen-bond acceptors (Lipinski definition) is 6. The van der Waals surface area contributed by atoms with Crippen LogP contribution in [0.3, 0.4) is 0 Å². The molecule has 2 aromatic rings. The van der Waals surface area contributed by atoms with Crippen molar-refractivity contribution in [1.82, 2.24) is 4.90 Å². The summed E-state index contributed by atoms with van der Waals surface area (Å²) in [7, 11) is 3.02. The van der Waals surface area contributed by atoms with Crippen LogP contribution < -0.4 is 9.47 Å². The third kappa shape index (κ3) is 4.66. The average molecular weight is 497 g/mol. The van der Waals surface area contributed by atoms with Gasteiger partial charge in [0.25, 0.3) is 11.1 Å². The molecule has 0 N–H and O–H groups in total. The molecule has 0 aromatic heterocycles. The Balaban J connectivity index is 1.82. The second-order valence-electron chi connectivity index (χ2n) is 5.94. The van der Waals surface area contributed by atoms with E-state index >= 15 is 0 Å². The monoisotopic (exact) mass is 495 g/mol. The number of halogens is 2. The molecule has 6 nitrogen and oxygen atoms in total. The first kappa shape index (κ1) is 21.4. The minimum Gasteiger partial charge on any atom is -0.493 e. The summed E-state index contributed by atoms with van der Waals surface area (Å²) < 4.78 is 11.2. The van der Waals surface area contributed by atoms with Gasteiger partial charge >= 0.3 is 0 Å². The lowest BCUT2D eigenvalue weighted by molar-refractivity contribution is -0.122. The fourth-order valence-corrected chi connectivity index (χ4v) is 4.27. The van der Waals surface area contributed by atoms with Gasteiger partial charge in [-0.05, 0) is 75.7 Å². The van der Waals surface area contributed by atoms with Gasteiger partial charge in [-0.3, -0.25) is 19.3 Å². The summed E-state index contributed by atoms with van der Waals surface area (Å²) >= 11 is 10.00. The molecule has 0 bridgehead atoms. The van der Waals surface area contributed by atoms with Crippen molar-refractivity contribution < 1.29 is 23.9 Å². The lowest BCUT2D eigenvalue weighted by Crippen LogP contribution is -2.33. The molecule has 3 rings (SSSR count). The quantitative estimate of drug-likeness (QED) is 0.412. The van der Waals surface area contributed by atoms with E-state index in [9.17, 15) is 14.4 Å². The SMILES string of the molecule is COc1cc(/C=C2/SC(=O)N(CC(=O)c3ccc(Cl)cc3)C2=O)cc(Br)c1OC. The Labute approximate surface area is 184 Å². The summed E-state index contributed by atoms with van der Waals surface area (Å²) in [5.41, 5.74) is 1.02. The number of ether oxygens (including phenoxy) is 2. The molecule has 0 atom stereocenters. The minimum atomic E-state index is -0.520. The number of amides is 2. The van der Waals surface area contributed by atoms with Gasteiger partial charge in [0.1, 0.15) is 0 Å². The number of carbonyl (C=O) groups is 3. The zero-order valence-electron chi connectivity index (χ0n) is 15.4. The first-order valence-corrected chi connectivity index (χ1v) is 10.3. The van der Waals surface area contributed by atoms with Gasteiger partial charge in [-0.25, -0.2) is 0 Å². The molecule has 29 heavy (non-hydrogen) atoms. The number of thioether (sulfide) groups is 1. The standard InChI is InChI=1S/C20H15BrClNO5S/c1-27-16-8-11(7-14(21)18(16)28-2)9-17-19(25)23(20(26)29-17)10-15(24)12-3-5-13(22)6-4-12/h3-9H,10H2,1-2H3/b17-9+. The van der Waals surface area contributed by atoms with Crippen molar-refractivity contribution in [2.24, 2.45) is 0 Å². The van der Waals surface area contributed by atoms with E-state index in [-0.39, 0.29) is 17.2 Å². The summed E-state index contributed by atoms with van der Waals surface area (Å²) in [6.45, 7) is -0.334. The zero-order chi connectivity index (χ0) is 21.1. The van der Waals surface area contributed by atoms with E-state index in [0.717, 1.165) is 16.7 Å². The molecule has 150 valence electrons. The molecular formula is C20H15BrClNO5S. The first-order chi connectivity index (χ1) is 13.8. The molecule has 0 unspecified atom stereocenters. The Morgan fingerprint density at radius 2 is 1.86 bits per heavy atom. The van der Waals surface area contributed by atoms with E-state index in [4.69, 9.17) is 21.1 Å². The number of rotatable bonds is 6. The van der Waals surface area contributed by atoms with Crippen LogP contribution in [-0.2, 0) is 4.79 Å². The van der Waals surface area contributed by atoms with Gasteiger partial charge in [-0.2, -0.15) is 0 Å². The van der Waals surface area contributed by atoms with E-state index in [1.807, 2.05) is 0 Å². The largest absolute Gasteiger partial charge is 0.493 e. The summed E-state index contributed by atoms with van der Waals surface area (Å²) in [6.07, 6.45) is 1.57. The topological polar surface area (TPSA) is 72.9 Å². The molecular weight excluding hydrogens is 482 g/mol. The van der Waals surface area contributed by atoms with E-state index in [1.54, 1.807) is 42.5 Å². The number of nitrogens with zero attached hydrogens (tertiary/aromatic N) is 1. The second kappa shape index (κ2) is 9.02. The molecule has 1 fully saturated rings. The Hall–Kier alpha value is -2.29. The summed E-state index contributed by atoms with van der Waals surface area (Å²) in [5, 5.41) is -0.000151. The average Bonchev–Trinajstić information content (AvgIpc) is 2.95. The van der Waals surface area contributed by atoms with Crippen molar-refractivity contribution in [3.05, 3.63) is 61.9 Å². The van der Waals surface area contributed by atoms with Crippen LogP contribution in [0, 0.1) is 0 Å².